The van der Waals surface area contributed by atoms with Crippen molar-refractivity contribution in [2.24, 2.45) is 10.8 Å². The predicted octanol–water partition coefficient (Wildman–Crippen LogP) is 6.02. The van der Waals surface area contributed by atoms with E-state index in [0.29, 0.717) is 37.2 Å². The molecule has 1 aliphatic heterocycles. The Kier molecular flexibility index (Phi) is 7.24. The van der Waals surface area contributed by atoms with Gasteiger partial charge in [0.05, 0.1) is 18.8 Å². The molecule has 0 bridgehead atoms. The van der Waals surface area contributed by atoms with Crippen LogP contribution in [-0.2, 0) is 15.9 Å². The van der Waals surface area contributed by atoms with E-state index in [9.17, 15) is 24.3 Å². The zero-order chi connectivity index (χ0) is 29.1. The smallest absolute Gasteiger partial charge is 0.198 e. The molecule has 2 aliphatic rings. The first kappa shape index (κ1) is 28.8. The molecule has 0 aromatic heterocycles. The van der Waals surface area contributed by atoms with Crippen molar-refractivity contribution in [1.82, 2.24) is 0 Å². The molecule has 0 saturated carbocycles. The number of fused-ring (bicyclic) bond motifs is 2. The van der Waals surface area contributed by atoms with Crippen LogP contribution in [0.4, 0.5) is 0 Å². The average molecular weight is 535 g/mol. The lowest BCUT2D eigenvalue weighted by Gasteiger charge is -2.31. The molecule has 1 aliphatic carbocycles. The molecule has 1 saturated heterocycles. The number of rotatable bonds is 6. The fourth-order valence-electron chi connectivity index (χ4n) is 5.48. The van der Waals surface area contributed by atoms with Crippen molar-refractivity contribution in [3.8, 4) is 5.75 Å². The maximum atomic E-state index is 14.3. The van der Waals surface area contributed by atoms with E-state index in [1.54, 1.807) is 60.6 Å². The van der Waals surface area contributed by atoms with Gasteiger partial charge in [0.1, 0.15) is 5.75 Å². The van der Waals surface area contributed by atoms with Crippen LogP contribution in [0.1, 0.15) is 125 Å². The van der Waals surface area contributed by atoms with Crippen LogP contribution in [0.25, 0.3) is 0 Å². The second kappa shape index (κ2) is 9.79. The number of benzene rings is 2. The zero-order valence-corrected chi connectivity index (χ0v) is 24.2. The second-order valence-electron chi connectivity index (χ2n) is 12.6. The lowest BCUT2D eigenvalue weighted by molar-refractivity contribution is -0.163. The zero-order valence-electron chi connectivity index (χ0n) is 24.2. The summed E-state index contributed by atoms with van der Waals surface area (Å²) < 4.78 is 11.8. The van der Waals surface area contributed by atoms with Gasteiger partial charge in [-0.15, -0.1) is 0 Å². The van der Waals surface area contributed by atoms with E-state index >= 15 is 0 Å². The summed E-state index contributed by atoms with van der Waals surface area (Å²) in [5.74, 6) is -2.93. The van der Waals surface area contributed by atoms with Gasteiger partial charge in [0.15, 0.2) is 28.9 Å². The molecule has 39 heavy (non-hydrogen) atoms. The van der Waals surface area contributed by atoms with Gasteiger partial charge in [0, 0.05) is 45.1 Å². The average Bonchev–Trinajstić information content (AvgIpc) is 3.34. The Morgan fingerprint density at radius 3 is 2.03 bits per heavy atom. The summed E-state index contributed by atoms with van der Waals surface area (Å²) in [6.45, 7) is 15.0. The number of phenols is 1. The molecule has 0 spiro atoms. The molecular formula is C32H38O7. The van der Waals surface area contributed by atoms with Gasteiger partial charge in [-0.3, -0.25) is 19.2 Å². The standard InChI is InChI=1S/C32H38O7/c1-9-32(38-15-16-39-32)14-13-18-17(2)25(33)24-23(22(18)29(37)31(6,7)8)27(35)21-19(26(24)34)11-10-12-20(21)28(36)30(3,4)5/h10-12,33H,9,13-16H2,1-8H3. The van der Waals surface area contributed by atoms with Crippen LogP contribution in [0.15, 0.2) is 18.2 Å². The summed E-state index contributed by atoms with van der Waals surface area (Å²) in [7, 11) is 0. The number of ketones is 4. The Hall–Kier alpha value is -3.16. The van der Waals surface area contributed by atoms with Crippen molar-refractivity contribution >= 4 is 23.1 Å². The SMILES string of the molecule is CCC1(CCc2c(C)c(O)c3c(c2C(=O)C(C)(C)C)C(=O)c2c(cccc2C(=O)C(C)(C)C)C3=O)OCCO1. The van der Waals surface area contributed by atoms with Crippen LogP contribution in [0.2, 0.25) is 0 Å². The highest BCUT2D eigenvalue weighted by molar-refractivity contribution is 6.34. The number of aromatic hydroxyl groups is 1. The number of hydrogen-bond donors (Lipinski definition) is 1. The third-order valence-corrected chi connectivity index (χ3v) is 7.78. The largest absolute Gasteiger partial charge is 0.507 e. The first-order valence-electron chi connectivity index (χ1n) is 13.5. The molecule has 0 radical (unpaired) electrons. The molecule has 1 N–H and O–H groups in total. The van der Waals surface area contributed by atoms with E-state index in [-0.39, 0.29) is 57.1 Å². The number of ether oxygens (including phenoxy) is 2. The molecule has 0 amide bonds. The van der Waals surface area contributed by atoms with Crippen LogP contribution < -0.4 is 0 Å². The molecule has 7 nitrogen and oxygen atoms in total. The van der Waals surface area contributed by atoms with Crippen LogP contribution in [-0.4, -0.2) is 47.2 Å². The second-order valence-corrected chi connectivity index (χ2v) is 12.6. The minimum absolute atomic E-state index is 0.0143. The Labute approximate surface area is 229 Å². The molecule has 2 aromatic rings. The summed E-state index contributed by atoms with van der Waals surface area (Å²) in [5.41, 5.74) is -0.843. The maximum Gasteiger partial charge on any atom is 0.198 e. The Bertz CT molecular complexity index is 1390. The number of Topliss-reactive ketones (excluding diaryl/α,β-unsaturated/α-hetero) is 2. The maximum absolute atomic E-state index is 14.3. The predicted molar refractivity (Wildman–Crippen MR) is 147 cm³/mol. The summed E-state index contributed by atoms with van der Waals surface area (Å²) in [5, 5.41) is 11.4. The Balaban J connectivity index is 2.02. The van der Waals surface area contributed by atoms with E-state index in [1.807, 2.05) is 6.92 Å². The van der Waals surface area contributed by atoms with E-state index in [1.165, 1.54) is 6.07 Å². The minimum atomic E-state index is -0.890. The van der Waals surface area contributed by atoms with Crippen molar-refractivity contribution in [1.29, 1.82) is 0 Å². The number of carbonyl (C=O) groups is 4. The van der Waals surface area contributed by atoms with Gasteiger partial charge in [-0.25, -0.2) is 0 Å². The van der Waals surface area contributed by atoms with Crippen LogP contribution in [0.5, 0.6) is 5.75 Å². The normalized spacial score (nSPS) is 16.7. The topological polar surface area (TPSA) is 107 Å². The molecule has 1 fully saturated rings. The summed E-state index contributed by atoms with van der Waals surface area (Å²) in [6.07, 6.45) is 1.28. The highest BCUT2D eigenvalue weighted by atomic mass is 16.7. The first-order valence-corrected chi connectivity index (χ1v) is 13.5. The lowest BCUT2D eigenvalue weighted by Crippen LogP contribution is -2.33. The van der Waals surface area contributed by atoms with E-state index in [2.05, 4.69) is 0 Å². The molecule has 2 aromatic carbocycles. The Morgan fingerprint density at radius 2 is 1.49 bits per heavy atom. The van der Waals surface area contributed by atoms with Crippen LogP contribution in [0.3, 0.4) is 0 Å². The molecule has 7 heteroatoms. The molecule has 208 valence electrons. The fraction of sp³-hybridized carbons (Fsp3) is 0.500. The quantitative estimate of drug-likeness (QED) is 0.385. The van der Waals surface area contributed by atoms with E-state index in [0.717, 1.165) is 0 Å². The molecule has 0 unspecified atom stereocenters. The fourth-order valence-corrected chi connectivity index (χ4v) is 5.48. The van der Waals surface area contributed by atoms with Gasteiger partial charge in [0.25, 0.3) is 0 Å². The third-order valence-electron chi connectivity index (χ3n) is 7.78. The molecule has 1 heterocycles. The first-order chi connectivity index (χ1) is 18.1. The summed E-state index contributed by atoms with van der Waals surface area (Å²) in [4.78, 5) is 55.6. The van der Waals surface area contributed by atoms with Gasteiger partial charge >= 0.3 is 0 Å². The van der Waals surface area contributed by atoms with Crippen molar-refractivity contribution < 1.29 is 33.8 Å². The van der Waals surface area contributed by atoms with Gasteiger partial charge in [-0.1, -0.05) is 66.7 Å². The van der Waals surface area contributed by atoms with E-state index < -0.39 is 28.2 Å². The van der Waals surface area contributed by atoms with Crippen molar-refractivity contribution in [3.63, 3.8) is 0 Å². The van der Waals surface area contributed by atoms with Gasteiger partial charge in [-0.2, -0.15) is 0 Å². The Morgan fingerprint density at radius 1 is 0.897 bits per heavy atom. The van der Waals surface area contributed by atoms with Crippen molar-refractivity contribution in [2.45, 2.75) is 80.4 Å². The van der Waals surface area contributed by atoms with Crippen LogP contribution >= 0.6 is 0 Å². The monoisotopic (exact) mass is 534 g/mol. The van der Waals surface area contributed by atoms with Gasteiger partial charge in [0.2, 0.25) is 0 Å². The summed E-state index contributed by atoms with van der Waals surface area (Å²) in [6, 6.07) is 4.60. The highest BCUT2D eigenvalue weighted by Gasteiger charge is 2.43. The number of phenolic OH excluding ortho intramolecular Hbond substituents is 1. The lowest BCUT2D eigenvalue weighted by atomic mass is 9.71. The van der Waals surface area contributed by atoms with Crippen molar-refractivity contribution in [2.75, 3.05) is 13.2 Å². The third kappa shape index (κ3) is 4.76. The minimum Gasteiger partial charge on any atom is -0.507 e. The van der Waals surface area contributed by atoms with Gasteiger partial charge < -0.3 is 14.6 Å². The molecule has 0 atom stereocenters. The number of carbonyl (C=O) groups excluding carboxylic acids is 4. The molecule has 4 rings (SSSR count). The van der Waals surface area contributed by atoms with Crippen LogP contribution in [0, 0.1) is 17.8 Å². The molecular weight excluding hydrogens is 496 g/mol. The van der Waals surface area contributed by atoms with Gasteiger partial charge in [-0.05, 0) is 30.9 Å². The highest BCUT2D eigenvalue weighted by Crippen LogP contribution is 2.44. The van der Waals surface area contributed by atoms with Crippen molar-refractivity contribution in [3.05, 3.63) is 62.7 Å². The summed E-state index contributed by atoms with van der Waals surface area (Å²) >= 11 is 0. The van der Waals surface area contributed by atoms with E-state index in [4.69, 9.17) is 9.47 Å². The number of hydrogen-bond acceptors (Lipinski definition) is 7.